The van der Waals surface area contributed by atoms with Crippen LogP contribution in [0.5, 0.6) is 11.5 Å². The molecule has 0 saturated carbocycles. The lowest BCUT2D eigenvalue weighted by Gasteiger charge is -2.25. The first-order valence-electron chi connectivity index (χ1n) is 6.39. The Morgan fingerprint density at radius 1 is 1.44 bits per heavy atom. The van der Waals surface area contributed by atoms with E-state index in [0.29, 0.717) is 11.7 Å². The Balaban J connectivity index is 2.20. The molecule has 1 saturated heterocycles. The number of nitrogens with zero attached hydrogens (tertiary/aromatic N) is 1. The Hall–Kier alpha value is -1.26. The second-order valence-corrected chi connectivity index (χ2v) is 5.20. The van der Waals surface area contributed by atoms with Crippen molar-refractivity contribution in [1.29, 1.82) is 0 Å². The second-order valence-electron chi connectivity index (χ2n) is 5.20. The van der Waals surface area contributed by atoms with E-state index in [-0.39, 0.29) is 12.1 Å². The van der Waals surface area contributed by atoms with Crippen LogP contribution in [0.3, 0.4) is 0 Å². The first-order chi connectivity index (χ1) is 8.52. The van der Waals surface area contributed by atoms with Crippen LogP contribution < -0.4 is 10.5 Å². The molecule has 0 radical (unpaired) electrons. The molecule has 18 heavy (non-hydrogen) atoms. The Bertz CT molecular complexity index is 412. The van der Waals surface area contributed by atoms with Gasteiger partial charge in [0, 0.05) is 30.7 Å². The van der Waals surface area contributed by atoms with E-state index < -0.39 is 0 Å². The Morgan fingerprint density at radius 2 is 2.17 bits per heavy atom. The van der Waals surface area contributed by atoms with E-state index in [0.717, 1.165) is 24.4 Å². The highest BCUT2D eigenvalue weighted by atomic mass is 16.5. The van der Waals surface area contributed by atoms with Crippen molar-refractivity contribution in [3.05, 3.63) is 23.8 Å². The third-order valence-corrected chi connectivity index (χ3v) is 3.93. The molecule has 0 spiro atoms. The lowest BCUT2D eigenvalue weighted by Crippen LogP contribution is -2.29. The molecule has 3 N–H and O–H groups in total. The van der Waals surface area contributed by atoms with Gasteiger partial charge in [-0.25, -0.2) is 0 Å². The number of ether oxygens (including phenoxy) is 1. The summed E-state index contributed by atoms with van der Waals surface area (Å²) in [6, 6.07) is 5.72. The maximum Gasteiger partial charge on any atom is 0.120 e. The van der Waals surface area contributed by atoms with Crippen LogP contribution in [-0.2, 0) is 0 Å². The van der Waals surface area contributed by atoms with E-state index in [2.05, 4.69) is 18.7 Å². The molecule has 3 unspecified atom stereocenters. The molecule has 4 nitrogen and oxygen atoms in total. The van der Waals surface area contributed by atoms with Gasteiger partial charge in [-0.05, 0) is 31.0 Å². The van der Waals surface area contributed by atoms with Crippen molar-refractivity contribution >= 4 is 0 Å². The fourth-order valence-corrected chi connectivity index (χ4v) is 2.54. The maximum atomic E-state index is 9.98. The normalized spacial score (nSPS) is 26.2. The molecule has 0 amide bonds. The molecular formula is C14H22N2O2. The summed E-state index contributed by atoms with van der Waals surface area (Å²) >= 11 is 0. The molecule has 3 atom stereocenters. The van der Waals surface area contributed by atoms with E-state index in [9.17, 15) is 5.11 Å². The van der Waals surface area contributed by atoms with Crippen LogP contribution >= 0.6 is 0 Å². The zero-order chi connectivity index (χ0) is 13.3. The van der Waals surface area contributed by atoms with E-state index >= 15 is 0 Å². The van der Waals surface area contributed by atoms with E-state index in [1.54, 1.807) is 19.2 Å². The Kier molecular flexibility index (Phi) is 3.78. The van der Waals surface area contributed by atoms with E-state index in [1.807, 2.05) is 6.07 Å². The van der Waals surface area contributed by atoms with Crippen LogP contribution in [0.25, 0.3) is 0 Å². The van der Waals surface area contributed by atoms with Crippen molar-refractivity contribution in [1.82, 2.24) is 4.90 Å². The molecule has 1 aromatic rings. The molecule has 0 aromatic heterocycles. The molecule has 2 rings (SSSR count). The summed E-state index contributed by atoms with van der Waals surface area (Å²) in [4.78, 5) is 2.31. The molecule has 0 aliphatic carbocycles. The number of methoxy groups -OCH3 is 1. The second kappa shape index (κ2) is 5.16. The Labute approximate surface area is 108 Å². The number of aromatic hydroxyl groups is 1. The quantitative estimate of drug-likeness (QED) is 0.858. The molecule has 1 fully saturated rings. The van der Waals surface area contributed by atoms with Gasteiger partial charge in [-0.3, -0.25) is 4.90 Å². The van der Waals surface area contributed by atoms with Crippen LogP contribution in [0.1, 0.15) is 25.5 Å². The lowest BCUT2D eigenvalue weighted by atomic mass is 10.1. The van der Waals surface area contributed by atoms with Gasteiger partial charge in [-0.2, -0.15) is 0 Å². The number of hydrogen-bond donors (Lipinski definition) is 2. The molecule has 100 valence electrons. The molecule has 1 aromatic carbocycles. The average molecular weight is 250 g/mol. The number of phenolic OH excluding ortho intramolecular Hbond substituents is 1. The van der Waals surface area contributed by atoms with Gasteiger partial charge >= 0.3 is 0 Å². The Morgan fingerprint density at radius 3 is 2.72 bits per heavy atom. The minimum Gasteiger partial charge on any atom is -0.508 e. The van der Waals surface area contributed by atoms with Gasteiger partial charge in [0.1, 0.15) is 11.5 Å². The van der Waals surface area contributed by atoms with Gasteiger partial charge < -0.3 is 15.6 Å². The predicted molar refractivity (Wildman–Crippen MR) is 71.8 cm³/mol. The summed E-state index contributed by atoms with van der Waals surface area (Å²) in [7, 11) is 1.63. The monoisotopic (exact) mass is 250 g/mol. The van der Waals surface area contributed by atoms with Gasteiger partial charge in [-0.15, -0.1) is 0 Å². The van der Waals surface area contributed by atoms with Gasteiger partial charge in [-0.1, -0.05) is 6.92 Å². The lowest BCUT2D eigenvalue weighted by molar-refractivity contribution is 0.248. The molecule has 4 heteroatoms. The van der Waals surface area contributed by atoms with E-state index in [1.165, 1.54) is 0 Å². The number of benzene rings is 1. The van der Waals surface area contributed by atoms with Crippen molar-refractivity contribution in [2.75, 3.05) is 20.2 Å². The van der Waals surface area contributed by atoms with E-state index in [4.69, 9.17) is 10.5 Å². The van der Waals surface area contributed by atoms with Gasteiger partial charge in [0.05, 0.1) is 7.11 Å². The van der Waals surface area contributed by atoms with Crippen molar-refractivity contribution < 1.29 is 9.84 Å². The van der Waals surface area contributed by atoms with Crippen LogP contribution in [0, 0.1) is 5.92 Å². The number of rotatable bonds is 3. The number of hydrogen-bond acceptors (Lipinski definition) is 4. The number of nitrogens with two attached hydrogens (primary N) is 1. The minimum atomic E-state index is 0.149. The van der Waals surface area contributed by atoms with Crippen LogP contribution in [0.2, 0.25) is 0 Å². The standard InChI is InChI=1S/C14H22N2O2/c1-9-7-16(8-13(9)15)10(2)12-6-11(18-3)4-5-14(12)17/h4-6,9-10,13,17H,7-8,15H2,1-3H3. The summed E-state index contributed by atoms with van der Waals surface area (Å²) < 4.78 is 5.21. The van der Waals surface area contributed by atoms with Gasteiger partial charge in [0.15, 0.2) is 0 Å². The molecule has 1 heterocycles. The maximum absolute atomic E-state index is 9.98. The van der Waals surface area contributed by atoms with Crippen molar-refractivity contribution in [2.45, 2.75) is 25.9 Å². The first kappa shape index (κ1) is 13.2. The summed E-state index contributed by atoms with van der Waals surface area (Å²) in [5, 5.41) is 9.98. The average Bonchev–Trinajstić information content (AvgIpc) is 2.69. The predicted octanol–water partition coefficient (Wildman–Crippen LogP) is 1.74. The highest BCUT2D eigenvalue weighted by molar-refractivity contribution is 5.41. The summed E-state index contributed by atoms with van der Waals surface area (Å²) in [6.45, 7) is 6.11. The minimum absolute atomic E-state index is 0.149. The third-order valence-electron chi connectivity index (χ3n) is 3.93. The van der Waals surface area contributed by atoms with Gasteiger partial charge in [0.25, 0.3) is 0 Å². The van der Waals surface area contributed by atoms with Crippen molar-refractivity contribution in [2.24, 2.45) is 11.7 Å². The SMILES string of the molecule is COc1ccc(O)c(C(C)N2CC(C)C(N)C2)c1. The third kappa shape index (κ3) is 2.44. The van der Waals surface area contributed by atoms with Crippen LogP contribution in [0.4, 0.5) is 0 Å². The van der Waals surface area contributed by atoms with Crippen LogP contribution in [0.15, 0.2) is 18.2 Å². The smallest absolute Gasteiger partial charge is 0.120 e. The molecular weight excluding hydrogens is 228 g/mol. The first-order valence-corrected chi connectivity index (χ1v) is 6.39. The number of phenols is 1. The topological polar surface area (TPSA) is 58.7 Å². The fourth-order valence-electron chi connectivity index (χ4n) is 2.54. The molecule has 1 aliphatic rings. The zero-order valence-corrected chi connectivity index (χ0v) is 11.3. The largest absolute Gasteiger partial charge is 0.508 e. The summed E-state index contributed by atoms with van der Waals surface area (Å²) in [5.74, 6) is 1.59. The summed E-state index contributed by atoms with van der Waals surface area (Å²) in [6.07, 6.45) is 0. The van der Waals surface area contributed by atoms with Crippen LogP contribution in [-0.4, -0.2) is 36.2 Å². The highest BCUT2D eigenvalue weighted by Gasteiger charge is 2.31. The van der Waals surface area contributed by atoms with Gasteiger partial charge in [0.2, 0.25) is 0 Å². The highest BCUT2D eigenvalue weighted by Crippen LogP contribution is 2.34. The van der Waals surface area contributed by atoms with Crippen molar-refractivity contribution in [3.8, 4) is 11.5 Å². The molecule has 0 bridgehead atoms. The van der Waals surface area contributed by atoms with Crippen molar-refractivity contribution in [3.63, 3.8) is 0 Å². The molecule has 1 aliphatic heterocycles. The zero-order valence-electron chi connectivity index (χ0n) is 11.3. The fraction of sp³-hybridized carbons (Fsp3) is 0.571. The number of likely N-dealkylation sites (tertiary alicyclic amines) is 1. The summed E-state index contributed by atoms with van der Waals surface area (Å²) in [5.41, 5.74) is 6.95.